The summed E-state index contributed by atoms with van der Waals surface area (Å²) in [6.07, 6.45) is -2.60. The van der Waals surface area contributed by atoms with Gasteiger partial charge in [-0.25, -0.2) is 13.6 Å². The van der Waals surface area contributed by atoms with Gasteiger partial charge >= 0.3 is 6.29 Å². The lowest BCUT2D eigenvalue weighted by atomic mass is 9.94. The van der Waals surface area contributed by atoms with Gasteiger partial charge in [-0.15, -0.1) is 8.78 Å². The van der Waals surface area contributed by atoms with E-state index >= 15 is 0 Å². The van der Waals surface area contributed by atoms with E-state index in [1.165, 1.54) is 24.3 Å². The molecule has 0 atom stereocenters. The smallest absolute Gasteiger partial charge is 0.395 e. The molecule has 3 aromatic carbocycles. The molecular formula is C24H26F2N2O5S. The van der Waals surface area contributed by atoms with Gasteiger partial charge in [0.25, 0.3) is 0 Å². The van der Waals surface area contributed by atoms with Gasteiger partial charge in [0, 0.05) is 9.97 Å². The molecule has 1 heterocycles. The second-order valence-corrected chi connectivity index (χ2v) is 10.0. The number of ether oxygens (including phenoxy) is 2. The lowest BCUT2D eigenvalue weighted by Crippen LogP contribution is -2.28. The van der Waals surface area contributed by atoms with Crippen molar-refractivity contribution in [3.8, 4) is 22.6 Å². The highest BCUT2D eigenvalue weighted by molar-refractivity contribution is 7.89. The van der Waals surface area contributed by atoms with Crippen molar-refractivity contribution < 1.29 is 35.7 Å². The van der Waals surface area contributed by atoms with Crippen LogP contribution in [0.5, 0.6) is 11.5 Å². The highest BCUT2D eigenvalue weighted by atomic mass is 32.2. The maximum absolute atomic E-state index is 13.4. The lowest BCUT2D eigenvalue weighted by molar-refractivity contribution is -0.286. The van der Waals surface area contributed by atoms with E-state index in [4.69, 9.17) is 5.14 Å². The standard InChI is InChI=1S/C24H20F2N2O5S.3H2/c1-14-5-7-17(13-19(14)15-3-2-4-18(11-15)34(27,30)31)28-22(29)23(9-10-23)16-6-8-20-21(12-16)33-24(25,26)32-20;;;/h2-8,11-13H,9-10H2,1H3,(H,28,29)(H2,27,30,31);3*1H. The van der Waals surface area contributed by atoms with Gasteiger partial charge in [-0.3, -0.25) is 4.79 Å². The van der Waals surface area contributed by atoms with Gasteiger partial charge < -0.3 is 14.8 Å². The van der Waals surface area contributed by atoms with Crippen LogP contribution in [0.4, 0.5) is 14.5 Å². The monoisotopic (exact) mass is 492 g/mol. The molecular weight excluding hydrogens is 466 g/mol. The predicted octanol–water partition coefficient (Wildman–Crippen LogP) is 5.04. The fourth-order valence-electron chi connectivity index (χ4n) is 4.12. The average Bonchev–Trinajstić information content (AvgIpc) is 3.51. The van der Waals surface area contributed by atoms with Crippen molar-refractivity contribution in [1.82, 2.24) is 0 Å². The van der Waals surface area contributed by atoms with Gasteiger partial charge in [0.2, 0.25) is 15.9 Å². The first-order chi connectivity index (χ1) is 16.0. The van der Waals surface area contributed by atoms with E-state index in [1.807, 2.05) is 13.0 Å². The first kappa shape index (κ1) is 22.3. The summed E-state index contributed by atoms with van der Waals surface area (Å²) in [6.45, 7) is 1.87. The number of amides is 1. The second kappa shape index (κ2) is 7.51. The number of hydrogen-bond donors (Lipinski definition) is 2. The van der Waals surface area contributed by atoms with Crippen molar-refractivity contribution >= 4 is 21.6 Å². The van der Waals surface area contributed by atoms with Crippen molar-refractivity contribution in [3.05, 3.63) is 71.8 Å². The van der Waals surface area contributed by atoms with Gasteiger partial charge in [-0.05, 0) is 78.4 Å². The summed E-state index contributed by atoms with van der Waals surface area (Å²) in [5.74, 6) is -0.449. The number of hydrogen-bond acceptors (Lipinski definition) is 5. The van der Waals surface area contributed by atoms with Gasteiger partial charge in [-0.1, -0.05) is 24.3 Å². The van der Waals surface area contributed by atoms with Gasteiger partial charge in [0.05, 0.1) is 10.3 Å². The third-order valence-electron chi connectivity index (χ3n) is 6.11. The fourth-order valence-corrected chi connectivity index (χ4v) is 4.68. The number of aryl methyl sites for hydroxylation is 1. The zero-order valence-electron chi connectivity index (χ0n) is 18.0. The number of benzene rings is 3. The largest absolute Gasteiger partial charge is 0.586 e. The van der Waals surface area contributed by atoms with Crippen molar-refractivity contribution in [2.45, 2.75) is 36.4 Å². The number of rotatable bonds is 5. The number of sulfonamides is 1. The molecule has 7 nitrogen and oxygen atoms in total. The molecule has 0 aromatic heterocycles. The van der Waals surface area contributed by atoms with E-state index in [9.17, 15) is 22.0 Å². The molecule has 10 heteroatoms. The predicted molar refractivity (Wildman–Crippen MR) is 127 cm³/mol. The average molecular weight is 493 g/mol. The molecule has 34 heavy (non-hydrogen) atoms. The Morgan fingerprint density at radius 3 is 2.47 bits per heavy atom. The molecule has 3 N–H and O–H groups in total. The van der Waals surface area contributed by atoms with Crippen LogP contribution in [0, 0.1) is 6.92 Å². The van der Waals surface area contributed by atoms with Crippen LogP contribution in [0.15, 0.2) is 65.6 Å². The quantitative estimate of drug-likeness (QED) is 0.519. The molecule has 1 fully saturated rings. The summed E-state index contributed by atoms with van der Waals surface area (Å²) >= 11 is 0. The van der Waals surface area contributed by atoms with E-state index in [1.54, 1.807) is 30.3 Å². The lowest BCUT2D eigenvalue weighted by Gasteiger charge is -2.17. The number of alkyl halides is 2. The Morgan fingerprint density at radius 2 is 1.76 bits per heavy atom. The third kappa shape index (κ3) is 3.99. The van der Waals surface area contributed by atoms with Gasteiger partial charge in [0.1, 0.15) is 0 Å². The number of anilines is 1. The number of carbonyl (C=O) groups excluding carboxylic acids is 1. The Hall–Kier alpha value is -3.50. The maximum atomic E-state index is 13.4. The number of primary sulfonamides is 1. The highest BCUT2D eigenvalue weighted by Crippen LogP contribution is 2.52. The summed E-state index contributed by atoms with van der Waals surface area (Å²) in [4.78, 5) is 13.2. The summed E-state index contributed by atoms with van der Waals surface area (Å²) in [7, 11) is -3.86. The fraction of sp³-hybridized carbons (Fsp3) is 0.208. The third-order valence-corrected chi connectivity index (χ3v) is 7.02. The van der Waals surface area contributed by atoms with Crippen molar-refractivity contribution in [2.75, 3.05) is 5.32 Å². The molecule has 3 aromatic rings. The number of halogens is 2. The van der Waals surface area contributed by atoms with Crippen molar-refractivity contribution in [3.63, 3.8) is 0 Å². The SMILES string of the molecule is Cc1ccc(NC(=O)C2(c3ccc4c(c3)OC(F)(F)O4)CC2)cc1-c1cccc(S(N)(=O)=O)c1.[HH].[HH].[HH]. The van der Waals surface area contributed by atoms with Crippen molar-refractivity contribution in [2.24, 2.45) is 5.14 Å². The van der Waals surface area contributed by atoms with Crippen LogP contribution >= 0.6 is 0 Å². The molecule has 1 saturated carbocycles. The van der Waals surface area contributed by atoms with Crippen LogP contribution < -0.4 is 19.9 Å². The van der Waals surface area contributed by atoms with Crippen molar-refractivity contribution in [1.29, 1.82) is 0 Å². The van der Waals surface area contributed by atoms with E-state index in [-0.39, 0.29) is 26.6 Å². The van der Waals surface area contributed by atoms with Gasteiger partial charge in [0.15, 0.2) is 11.5 Å². The number of fused-ring (bicyclic) bond motifs is 1. The normalized spacial score (nSPS) is 17.3. The first-order valence-corrected chi connectivity index (χ1v) is 12.0. The second-order valence-electron chi connectivity index (χ2n) is 8.47. The molecule has 1 aliphatic heterocycles. The van der Waals surface area contributed by atoms with Crippen LogP contribution in [0.3, 0.4) is 0 Å². The minimum atomic E-state index is -3.86. The van der Waals surface area contributed by atoms with E-state index in [2.05, 4.69) is 14.8 Å². The van der Waals surface area contributed by atoms with Gasteiger partial charge in [-0.2, -0.15) is 0 Å². The Kier molecular flexibility index (Phi) is 4.92. The Labute approximate surface area is 199 Å². The zero-order valence-corrected chi connectivity index (χ0v) is 18.8. The Balaban J connectivity index is 0.00000160. The molecule has 1 aliphatic carbocycles. The molecule has 5 rings (SSSR count). The van der Waals surface area contributed by atoms with Crippen LogP contribution in [-0.4, -0.2) is 20.6 Å². The molecule has 0 radical (unpaired) electrons. The molecule has 0 spiro atoms. The zero-order chi connectivity index (χ0) is 24.3. The molecule has 182 valence electrons. The van der Waals surface area contributed by atoms with E-state index in [0.717, 1.165) is 11.1 Å². The summed E-state index contributed by atoms with van der Waals surface area (Å²) < 4.78 is 59.2. The topological polar surface area (TPSA) is 108 Å². The minimum Gasteiger partial charge on any atom is -0.395 e. The number of nitrogens with two attached hydrogens (primary N) is 1. The maximum Gasteiger partial charge on any atom is 0.586 e. The summed E-state index contributed by atoms with van der Waals surface area (Å²) in [5.41, 5.74) is 2.48. The molecule has 1 amide bonds. The molecule has 0 unspecified atom stereocenters. The summed E-state index contributed by atoms with van der Waals surface area (Å²) in [6, 6.07) is 16.0. The summed E-state index contributed by atoms with van der Waals surface area (Å²) in [5, 5.41) is 8.16. The molecule has 0 saturated heterocycles. The molecule has 0 bridgehead atoms. The number of carbonyl (C=O) groups is 1. The Bertz CT molecular complexity index is 1450. The first-order valence-electron chi connectivity index (χ1n) is 10.4. The van der Waals surface area contributed by atoms with Crippen LogP contribution in [0.25, 0.3) is 11.1 Å². The number of nitrogens with one attached hydrogen (secondary N) is 1. The van der Waals surface area contributed by atoms with Crippen LogP contribution in [0.2, 0.25) is 0 Å². The van der Waals surface area contributed by atoms with E-state index in [0.29, 0.717) is 29.7 Å². The minimum absolute atomic E-state index is 0. The Morgan fingerprint density at radius 1 is 1.03 bits per heavy atom. The van der Waals surface area contributed by atoms with Crippen LogP contribution in [-0.2, 0) is 20.2 Å². The van der Waals surface area contributed by atoms with Crippen LogP contribution in [0.1, 0.15) is 28.2 Å². The molecule has 2 aliphatic rings. The highest BCUT2D eigenvalue weighted by Gasteiger charge is 2.52. The van der Waals surface area contributed by atoms with E-state index < -0.39 is 21.7 Å².